The summed E-state index contributed by atoms with van der Waals surface area (Å²) in [6, 6.07) is 5.60. The molecule has 2 fully saturated rings. The number of carbonyl (C=O) groups excluding carboxylic acids is 2. The van der Waals surface area contributed by atoms with Crippen LogP contribution in [0.15, 0.2) is 30.6 Å². The van der Waals surface area contributed by atoms with Gasteiger partial charge in [-0.3, -0.25) is 9.69 Å². The molecule has 0 bridgehead atoms. The summed E-state index contributed by atoms with van der Waals surface area (Å²) in [5.74, 6) is -0.0920. The maximum atomic E-state index is 12.7. The number of hydrogen-bond donors (Lipinski definition) is 0. The first-order chi connectivity index (χ1) is 13.3. The van der Waals surface area contributed by atoms with Gasteiger partial charge in [0.15, 0.2) is 5.78 Å². The summed E-state index contributed by atoms with van der Waals surface area (Å²) in [4.78, 5) is 28.4. The van der Waals surface area contributed by atoms with Crippen LogP contribution in [0.1, 0.15) is 35.7 Å². The lowest BCUT2D eigenvalue weighted by atomic mass is 9.86. The van der Waals surface area contributed by atoms with E-state index in [0.717, 1.165) is 44.6 Å². The third-order valence-corrected chi connectivity index (χ3v) is 6.54. The van der Waals surface area contributed by atoms with Crippen molar-refractivity contribution in [3.8, 4) is 0 Å². The van der Waals surface area contributed by atoms with Gasteiger partial charge in [-0.15, -0.1) is 0 Å². The molecule has 1 aromatic carbocycles. The second-order valence-corrected chi connectivity index (χ2v) is 8.71. The van der Waals surface area contributed by atoms with Crippen molar-refractivity contribution in [2.45, 2.75) is 26.3 Å². The van der Waals surface area contributed by atoms with Gasteiger partial charge < -0.3 is 4.90 Å². The molecule has 0 saturated carbocycles. The van der Waals surface area contributed by atoms with Crippen molar-refractivity contribution in [2.75, 3.05) is 26.2 Å². The molecule has 2 aromatic rings. The van der Waals surface area contributed by atoms with Crippen LogP contribution in [-0.4, -0.2) is 57.6 Å². The number of aromatic nitrogens is 2. The number of benzene rings is 1. The Morgan fingerprint density at radius 1 is 1.14 bits per heavy atom. The first-order valence-corrected chi connectivity index (χ1v) is 10.1. The highest BCUT2D eigenvalue weighted by Gasteiger charge is 2.45. The average Bonchev–Trinajstić information content (AvgIpc) is 3.39. The number of amides is 1. The van der Waals surface area contributed by atoms with E-state index in [1.165, 1.54) is 24.0 Å². The molecule has 1 amide bonds. The summed E-state index contributed by atoms with van der Waals surface area (Å²) >= 11 is 12.1. The molecule has 28 heavy (non-hydrogen) atoms. The van der Waals surface area contributed by atoms with E-state index in [9.17, 15) is 9.59 Å². The minimum atomic E-state index is -0.160. The molecule has 0 N–H and O–H groups in total. The number of halogens is 2. The van der Waals surface area contributed by atoms with Crippen LogP contribution in [0.3, 0.4) is 0 Å². The number of nitrogens with zero attached hydrogens (tertiary/aromatic N) is 4. The van der Waals surface area contributed by atoms with Gasteiger partial charge in [0.1, 0.15) is 0 Å². The van der Waals surface area contributed by atoms with Gasteiger partial charge >= 0.3 is 6.03 Å². The normalized spacial score (nSPS) is 22.3. The van der Waals surface area contributed by atoms with E-state index in [2.05, 4.69) is 10.00 Å². The number of ketones is 1. The summed E-state index contributed by atoms with van der Waals surface area (Å²) < 4.78 is 1.28. The summed E-state index contributed by atoms with van der Waals surface area (Å²) in [6.45, 7) is 5.69. The van der Waals surface area contributed by atoms with Gasteiger partial charge in [-0.25, -0.2) is 4.79 Å². The zero-order valence-corrected chi connectivity index (χ0v) is 17.2. The van der Waals surface area contributed by atoms with Gasteiger partial charge in [-0.1, -0.05) is 29.3 Å². The Balaban J connectivity index is 1.38. The Labute approximate surface area is 174 Å². The molecule has 2 saturated heterocycles. The number of likely N-dealkylation sites (tertiary alicyclic amines) is 2. The molecule has 6 nitrogen and oxygen atoms in total. The minimum absolute atomic E-state index is 0.0920. The van der Waals surface area contributed by atoms with Crippen molar-refractivity contribution < 1.29 is 9.59 Å². The minimum Gasteiger partial charge on any atom is -0.322 e. The first kappa shape index (κ1) is 19.4. The van der Waals surface area contributed by atoms with E-state index >= 15 is 0 Å². The van der Waals surface area contributed by atoms with Crippen molar-refractivity contribution in [2.24, 2.45) is 5.41 Å². The second kappa shape index (κ2) is 7.50. The standard InChI is InChI=1S/C20H22Cl2N4O2/c1-14(27)16-9-23-26(11-16)19(28)25-7-5-20(13-25)4-6-24(12-20)10-15-2-3-17(21)18(22)8-15/h2-3,8-9,11H,4-7,10,12-13H2,1H3. The van der Waals surface area contributed by atoms with Crippen LogP contribution in [0.2, 0.25) is 10.0 Å². The van der Waals surface area contributed by atoms with E-state index in [-0.39, 0.29) is 17.2 Å². The Bertz CT molecular complexity index is 929. The lowest BCUT2D eigenvalue weighted by molar-refractivity contribution is 0.101. The predicted molar refractivity (Wildman–Crippen MR) is 108 cm³/mol. The SMILES string of the molecule is CC(=O)c1cnn(C(=O)N2CCC3(CCN(Cc4ccc(Cl)c(Cl)c4)C3)C2)c1. The maximum absolute atomic E-state index is 12.7. The van der Waals surface area contributed by atoms with Crippen molar-refractivity contribution >= 4 is 35.0 Å². The molecule has 1 unspecified atom stereocenters. The van der Waals surface area contributed by atoms with Crippen LogP contribution in [-0.2, 0) is 6.54 Å². The van der Waals surface area contributed by atoms with E-state index in [0.29, 0.717) is 22.2 Å². The molecule has 2 aliphatic rings. The fourth-order valence-electron chi connectivity index (χ4n) is 4.24. The van der Waals surface area contributed by atoms with Crippen LogP contribution in [0, 0.1) is 5.41 Å². The van der Waals surface area contributed by atoms with Crippen LogP contribution in [0.4, 0.5) is 4.79 Å². The molecular weight excluding hydrogens is 399 g/mol. The van der Waals surface area contributed by atoms with Gasteiger partial charge in [0, 0.05) is 37.8 Å². The number of carbonyl (C=O) groups is 2. The van der Waals surface area contributed by atoms with E-state index in [4.69, 9.17) is 23.2 Å². The quantitative estimate of drug-likeness (QED) is 0.705. The highest BCUT2D eigenvalue weighted by atomic mass is 35.5. The fourth-order valence-corrected chi connectivity index (χ4v) is 4.57. The molecule has 1 aromatic heterocycles. The zero-order valence-electron chi connectivity index (χ0n) is 15.7. The van der Waals surface area contributed by atoms with E-state index < -0.39 is 0 Å². The molecule has 2 aliphatic heterocycles. The predicted octanol–water partition coefficient (Wildman–Crippen LogP) is 3.96. The molecule has 4 rings (SSSR count). The molecule has 3 heterocycles. The van der Waals surface area contributed by atoms with Crippen LogP contribution < -0.4 is 0 Å². The Morgan fingerprint density at radius 3 is 2.64 bits per heavy atom. The van der Waals surface area contributed by atoms with Crippen molar-refractivity contribution in [3.63, 3.8) is 0 Å². The zero-order chi connectivity index (χ0) is 19.9. The van der Waals surface area contributed by atoms with Gasteiger partial charge in [0.05, 0.1) is 21.8 Å². The molecular formula is C20H22Cl2N4O2. The molecule has 1 spiro atoms. The smallest absolute Gasteiger partial charge is 0.322 e. The van der Waals surface area contributed by atoms with Gasteiger partial charge in [-0.05, 0) is 44.0 Å². The summed E-state index contributed by atoms with van der Waals surface area (Å²) in [6.07, 6.45) is 5.01. The van der Waals surface area contributed by atoms with Crippen molar-refractivity contribution in [1.29, 1.82) is 0 Å². The Kier molecular flexibility index (Phi) is 5.21. The average molecular weight is 421 g/mol. The highest BCUT2D eigenvalue weighted by Crippen LogP contribution is 2.40. The van der Waals surface area contributed by atoms with Gasteiger partial charge in [-0.2, -0.15) is 9.78 Å². The number of hydrogen-bond acceptors (Lipinski definition) is 4. The summed E-state index contributed by atoms with van der Waals surface area (Å²) in [5, 5.41) is 5.20. The number of rotatable bonds is 3. The Morgan fingerprint density at radius 2 is 1.93 bits per heavy atom. The topological polar surface area (TPSA) is 58.4 Å². The second-order valence-electron chi connectivity index (χ2n) is 7.89. The monoisotopic (exact) mass is 420 g/mol. The highest BCUT2D eigenvalue weighted by molar-refractivity contribution is 6.42. The summed E-state index contributed by atoms with van der Waals surface area (Å²) in [7, 11) is 0. The largest absolute Gasteiger partial charge is 0.344 e. The third-order valence-electron chi connectivity index (χ3n) is 5.80. The van der Waals surface area contributed by atoms with Crippen LogP contribution >= 0.6 is 23.2 Å². The lowest BCUT2D eigenvalue weighted by Crippen LogP contribution is -2.36. The van der Waals surface area contributed by atoms with Gasteiger partial charge in [0.2, 0.25) is 0 Å². The molecule has 1 atom stereocenters. The van der Waals surface area contributed by atoms with Gasteiger partial charge in [0.25, 0.3) is 0 Å². The van der Waals surface area contributed by atoms with Crippen LogP contribution in [0.5, 0.6) is 0 Å². The molecule has 148 valence electrons. The maximum Gasteiger partial charge on any atom is 0.344 e. The summed E-state index contributed by atoms with van der Waals surface area (Å²) in [5.41, 5.74) is 1.73. The molecule has 8 heteroatoms. The Hall–Kier alpha value is -1.89. The van der Waals surface area contributed by atoms with E-state index in [1.54, 1.807) is 0 Å². The third kappa shape index (κ3) is 3.81. The molecule has 0 radical (unpaired) electrons. The van der Waals surface area contributed by atoms with Crippen LogP contribution in [0.25, 0.3) is 0 Å². The number of Topliss-reactive ketones (excluding diaryl/α,β-unsaturated/α-hetero) is 1. The van der Waals surface area contributed by atoms with E-state index in [1.807, 2.05) is 23.1 Å². The lowest BCUT2D eigenvalue weighted by Gasteiger charge is -2.24. The van der Waals surface area contributed by atoms with Crippen molar-refractivity contribution in [1.82, 2.24) is 19.6 Å². The molecule has 0 aliphatic carbocycles. The first-order valence-electron chi connectivity index (χ1n) is 9.36. The van der Waals surface area contributed by atoms with Crippen molar-refractivity contribution in [3.05, 3.63) is 51.8 Å². The fraction of sp³-hybridized carbons (Fsp3) is 0.450.